The van der Waals surface area contributed by atoms with Gasteiger partial charge in [-0.05, 0) is 76.6 Å². The van der Waals surface area contributed by atoms with Gasteiger partial charge in [-0.1, -0.05) is 18.5 Å². The highest BCUT2D eigenvalue weighted by Crippen LogP contribution is 2.34. The van der Waals surface area contributed by atoms with Crippen molar-refractivity contribution < 1.29 is 14.3 Å². The molecule has 1 aliphatic rings. The monoisotopic (exact) mass is 548 g/mol. The van der Waals surface area contributed by atoms with Gasteiger partial charge in [-0.2, -0.15) is 5.10 Å². The van der Waals surface area contributed by atoms with E-state index in [-0.39, 0.29) is 30.0 Å². The Hall–Kier alpha value is -3.72. The third-order valence-electron chi connectivity index (χ3n) is 7.27. The molecule has 1 aliphatic carbocycles. The number of hydrogen-bond donors (Lipinski definition) is 0. The second-order valence-electron chi connectivity index (χ2n) is 10.4. The number of halogens is 1. The van der Waals surface area contributed by atoms with E-state index in [1.807, 2.05) is 44.3 Å². The Labute approximate surface area is 232 Å². The lowest BCUT2D eigenvalue weighted by Crippen LogP contribution is -2.43. The Bertz CT molecular complexity index is 1470. The first-order valence-electron chi connectivity index (χ1n) is 13.5. The smallest absolute Gasteiger partial charge is 0.343 e. The van der Waals surface area contributed by atoms with Crippen molar-refractivity contribution in [2.75, 3.05) is 11.5 Å². The lowest BCUT2D eigenvalue weighted by atomic mass is 9.82. The van der Waals surface area contributed by atoms with E-state index >= 15 is 0 Å². The van der Waals surface area contributed by atoms with Crippen LogP contribution < -0.4 is 4.90 Å². The molecule has 1 saturated carbocycles. The lowest BCUT2D eigenvalue weighted by molar-refractivity contribution is -0.124. The molecule has 0 aliphatic heterocycles. The number of nitrogens with zero attached hydrogens (tertiary/aromatic N) is 6. The van der Waals surface area contributed by atoms with Gasteiger partial charge in [0.1, 0.15) is 5.56 Å². The number of carbonyl (C=O) groups excluding carboxylic acids is 2. The molecule has 0 N–H and O–H groups in total. The minimum atomic E-state index is -0.519. The summed E-state index contributed by atoms with van der Waals surface area (Å²) in [5, 5.41) is 9.78. The molecule has 0 unspecified atom stereocenters. The summed E-state index contributed by atoms with van der Waals surface area (Å²) in [4.78, 5) is 32.7. The van der Waals surface area contributed by atoms with Crippen LogP contribution >= 0.6 is 11.6 Å². The zero-order valence-corrected chi connectivity index (χ0v) is 23.4. The number of esters is 1. The van der Waals surface area contributed by atoms with Crippen LogP contribution in [0.5, 0.6) is 0 Å². The number of amides is 1. The molecular weight excluding hydrogens is 516 g/mol. The fraction of sp³-hybridized carbons (Fsp3) is 0.414. The van der Waals surface area contributed by atoms with Gasteiger partial charge in [0.25, 0.3) is 0 Å². The quantitative estimate of drug-likeness (QED) is 0.264. The highest BCUT2D eigenvalue weighted by molar-refractivity contribution is 6.33. The molecule has 204 valence electrons. The number of carbonyl (C=O) groups is 2. The topological polar surface area (TPSA) is 94.6 Å². The van der Waals surface area contributed by atoms with Crippen LogP contribution in [-0.2, 0) is 9.53 Å². The van der Waals surface area contributed by atoms with Crippen molar-refractivity contribution in [3.63, 3.8) is 0 Å². The van der Waals surface area contributed by atoms with E-state index in [1.54, 1.807) is 39.5 Å². The number of benzene rings is 1. The van der Waals surface area contributed by atoms with Crippen LogP contribution in [-0.4, -0.2) is 48.9 Å². The predicted molar refractivity (Wildman–Crippen MR) is 150 cm³/mol. The molecule has 0 radical (unpaired) electrons. The van der Waals surface area contributed by atoms with E-state index in [2.05, 4.69) is 17.0 Å². The maximum absolute atomic E-state index is 13.7. The number of aromatic nitrogens is 5. The third kappa shape index (κ3) is 5.41. The van der Waals surface area contributed by atoms with E-state index in [0.717, 1.165) is 31.2 Å². The first-order valence-corrected chi connectivity index (χ1v) is 13.8. The van der Waals surface area contributed by atoms with Gasteiger partial charge in [-0.15, -0.1) is 5.10 Å². The van der Waals surface area contributed by atoms with Gasteiger partial charge in [0.15, 0.2) is 11.5 Å². The lowest BCUT2D eigenvalue weighted by Gasteiger charge is -2.32. The standard InChI is InChI=1S/C29H33ClN6O3/c1-5-39-29(38)23-17-35(33-27(23)36(18(2)3)28(37)20-9-7-19(4)8-10-20)21-11-12-22(24(30)15-21)25-16-26-31-13-6-14-34(26)32-25/h6,11-20H,5,7-10H2,1-4H3. The SMILES string of the molecule is CCOC(=O)c1cn(-c2ccc(-c3cc4ncccn4n3)c(Cl)c2)nc1N(C(=O)C1CCC(C)CC1)C(C)C. The minimum absolute atomic E-state index is 0.00142. The highest BCUT2D eigenvalue weighted by atomic mass is 35.5. The Balaban J connectivity index is 1.52. The summed E-state index contributed by atoms with van der Waals surface area (Å²) >= 11 is 6.71. The van der Waals surface area contributed by atoms with Crippen molar-refractivity contribution >= 4 is 34.9 Å². The van der Waals surface area contributed by atoms with Crippen LogP contribution in [0.4, 0.5) is 5.82 Å². The van der Waals surface area contributed by atoms with Crippen LogP contribution in [0.15, 0.2) is 48.9 Å². The average Bonchev–Trinajstić information content (AvgIpc) is 3.54. The first kappa shape index (κ1) is 26.9. The van der Waals surface area contributed by atoms with Gasteiger partial charge in [-0.25, -0.2) is 19.0 Å². The Morgan fingerprint density at radius 1 is 1.15 bits per heavy atom. The minimum Gasteiger partial charge on any atom is -0.462 e. The van der Waals surface area contributed by atoms with Gasteiger partial charge in [0.2, 0.25) is 5.91 Å². The van der Waals surface area contributed by atoms with Gasteiger partial charge in [0, 0.05) is 42.2 Å². The highest BCUT2D eigenvalue weighted by Gasteiger charge is 2.34. The molecule has 0 bridgehead atoms. The summed E-state index contributed by atoms with van der Waals surface area (Å²) in [6.45, 7) is 8.07. The molecule has 1 aromatic carbocycles. The largest absolute Gasteiger partial charge is 0.462 e. The number of fused-ring (bicyclic) bond motifs is 1. The average molecular weight is 549 g/mol. The Morgan fingerprint density at radius 3 is 2.59 bits per heavy atom. The van der Waals surface area contributed by atoms with E-state index in [9.17, 15) is 9.59 Å². The number of anilines is 1. The molecule has 0 atom stereocenters. The van der Waals surface area contributed by atoms with E-state index in [4.69, 9.17) is 21.4 Å². The molecule has 3 aromatic heterocycles. The summed E-state index contributed by atoms with van der Waals surface area (Å²) in [5.41, 5.74) is 3.04. The second kappa shape index (κ2) is 11.2. The van der Waals surface area contributed by atoms with Crippen molar-refractivity contribution in [2.24, 2.45) is 11.8 Å². The zero-order chi connectivity index (χ0) is 27.7. The third-order valence-corrected chi connectivity index (χ3v) is 7.58. The molecule has 5 rings (SSSR count). The summed E-state index contributed by atoms with van der Waals surface area (Å²) in [7, 11) is 0. The summed E-state index contributed by atoms with van der Waals surface area (Å²) < 4.78 is 8.61. The van der Waals surface area contributed by atoms with Gasteiger partial charge >= 0.3 is 5.97 Å². The fourth-order valence-corrected chi connectivity index (χ4v) is 5.42. The van der Waals surface area contributed by atoms with Crippen molar-refractivity contribution in [1.29, 1.82) is 0 Å². The molecule has 0 spiro atoms. The molecule has 10 heteroatoms. The van der Waals surface area contributed by atoms with E-state index < -0.39 is 5.97 Å². The van der Waals surface area contributed by atoms with Crippen molar-refractivity contribution in [3.05, 3.63) is 59.5 Å². The summed E-state index contributed by atoms with van der Waals surface area (Å²) in [6.07, 6.45) is 8.87. The second-order valence-corrected chi connectivity index (χ2v) is 10.8. The van der Waals surface area contributed by atoms with Crippen molar-refractivity contribution in [2.45, 2.75) is 59.4 Å². The van der Waals surface area contributed by atoms with Gasteiger partial charge in [0.05, 0.1) is 23.0 Å². The van der Waals surface area contributed by atoms with Gasteiger partial charge < -0.3 is 4.74 Å². The Morgan fingerprint density at radius 2 is 1.92 bits per heavy atom. The van der Waals surface area contributed by atoms with Crippen LogP contribution in [0.2, 0.25) is 5.02 Å². The number of hydrogen-bond acceptors (Lipinski definition) is 6. The summed E-state index contributed by atoms with van der Waals surface area (Å²) in [6, 6.07) is 8.97. The van der Waals surface area contributed by atoms with Crippen LogP contribution in [0.3, 0.4) is 0 Å². The maximum Gasteiger partial charge on any atom is 0.343 e. The summed E-state index contributed by atoms with van der Waals surface area (Å²) in [5.74, 6) is 0.326. The van der Waals surface area contributed by atoms with Gasteiger partial charge in [-0.3, -0.25) is 9.69 Å². The normalized spacial score (nSPS) is 17.5. The molecule has 3 heterocycles. The number of rotatable bonds is 7. The number of ether oxygens (including phenoxy) is 1. The molecule has 39 heavy (non-hydrogen) atoms. The van der Waals surface area contributed by atoms with Crippen LogP contribution in [0, 0.1) is 11.8 Å². The van der Waals surface area contributed by atoms with Crippen LogP contribution in [0.1, 0.15) is 63.7 Å². The maximum atomic E-state index is 13.7. The van der Waals surface area contributed by atoms with E-state index in [0.29, 0.717) is 33.8 Å². The van der Waals surface area contributed by atoms with Crippen molar-refractivity contribution in [3.8, 4) is 16.9 Å². The van der Waals surface area contributed by atoms with E-state index in [1.165, 1.54) is 0 Å². The Kier molecular flexibility index (Phi) is 7.70. The molecule has 9 nitrogen and oxygen atoms in total. The fourth-order valence-electron chi connectivity index (χ4n) is 5.15. The molecule has 1 amide bonds. The zero-order valence-electron chi connectivity index (χ0n) is 22.7. The molecule has 1 fully saturated rings. The van der Waals surface area contributed by atoms with Crippen molar-refractivity contribution in [1.82, 2.24) is 24.4 Å². The molecular formula is C29H33ClN6O3. The molecule has 4 aromatic rings. The van der Waals surface area contributed by atoms with Crippen LogP contribution in [0.25, 0.3) is 22.6 Å². The first-order chi connectivity index (χ1) is 18.8. The molecule has 0 saturated heterocycles. The predicted octanol–water partition coefficient (Wildman–Crippen LogP) is 5.98.